The first kappa shape index (κ1) is 33.7. The average molecular weight is 1070 g/mol. The van der Waals surface area contributed by atoms with Crippen molar-refractivity contribution in [1.29, 1.82) is 0 Å². The highest BCUT2D eigenvalue weighted by atomic mass is 15.2. The van der Waals surface area contributed by atoms with E-state index in [0.717, 1.165) is 83.6 Å². The van der Waals surface area contributed by atoms with Gasteiger partial charge >= 0.3 is 0 Å². The van der Waals surface area contributed by atoms with Gasteiger partial charge in [0.15, 0.2) is 0 Å². The maximum atomic E-state index is 9.63. The van der Waals surface area contributed by atoms with Gasteiger partial charge in [-0.2, -0.15) is 0 Å². The summed E-state index contributed by atoms with van der Waals surface area (Å²) in [6, 6.07) is 62.3. The number of hydrogen-bond acceptors (Lipinski definition) is 2. The van der Waals surface area contributed by atoms with Crippen LogP contribution in [0.3, 0.4) is 0 Å². The first-order valence-corrected chi connectivity index (χ1v) is 27.4. The maximum absolute atomic E-state index is 9.63. The molecule has 2 aliphatic heterocycles. The van der Waals surface area contributed by atoms with Crippen LogP contribution in [0.1, 0.15) is 21.9 Å². The minimum Gasteiger partial charge on any atom is -0.310 e. The Morgan fingerprint density at radius 1 is 0.277 bits per heavy atom. The summed E-state index contributed by atoms with van der Waals surface area (Å²) >= 11 is 0. The summed E-state index contributed by atoms with van der Waals surface area (Å²) in [5.41, 5.74) is 14.1. The van der Waals surface area contributed by atoms with E-state index in [4.69, 9.17) is 11.0 Å². The third-order valence-electron chi connectivity index (χ3n) is 16.4. The van der Waals surface area contributed by atoms with Crippen LogP contribution in [-0.2, 0) is 0 Å². The predicted molar refractivity (Wildman–Crippen MR) is 351 cm³/mol. The second-order valence-electron chi connectivity index (χ2n) is 20.7. The molecule has 0 unspecified atom stereocenters. The van der Waals surface area contributed by atoms with Gasteiger partial charge in [-0.3, -0.25) is 0 Å². The highest BCUT2D eigenvalue weighted by molar-refractivity contribution is 7.00. The molecule has 0 bridgehead atoms. The summed E-state index contributed by atoms with van der Waals surface area (Å²) in [5, 5.41) is -0.257. The quantitative estimate of drug-likeness (QED) is 0.141. The number of fused-ring (bicyclic) bond motifs is 10. The van der Waals surface area contributed by atoms with Gasteiger partial charge in [0, 0.05) is 77.9 Å². The summed E-state index contributed by atoms with van der Waals surface area (Å²) in [6.45, 7) is -0.689. The van der Waals surface area contributed by atoms with Gasteiger partial charge in [-0.05, 0) is 99.2 Å². The minimum absolute atomic E-state index is 0.0417. The summed E-state index contributed by atoms with van der Waals surface area (Å²) in [7, 11) is 0. The summed E-state index contributed by atoms with van der Waals surface area (Å²) in [4.78, 5) is 4.49. The molecule has 4 nitrogen and oxygen atoms in total. The van der Waals surface area contributed by atoms with E-state index >= 15 is 0 Å². The van der Waals surface area contributed by atoms with E-state index in [-0.39, 0.29) is 43.6 Å². The lowest BCUT2D eigenvalue weighted by Crippen LogP contribution is -2.61. The first-order valence-electron chi connectivity index (χ1n) is 35.4. The molecule has 0 saturated heterocycles. The molecule has 0 N–H and O–H groups in total. The Labute approximate surface area is 504 Å². The van der Waals surface area contributed by atoms with Gasteiger partial charge in [0.1, 0.15) is 0 Å². The van der Waals surface area contributed by atoms with E-state index in [1.54, 1.807) is 0 Å². The highest BCUT2D eigenvalue weighted by Gasteiger charge is 2.45. The normalized spacial score (nSPS) is 15.2. The summed E-state index contributed by atoms with van der Waals surface area (Å²) < 4.78 is 151. The van der Waals surface area contributed by atoms with Crippen LogP contribution in [-0.4, -0.2) is 15.8 Å². The van der Waals surface area contributed by atoms with E-state index < -0.39 is 103 Å². The van der Waals surface area contributed by atoms with Crippen molar-refractivity contribution in [2.45, 2.75) is 0 Å². The first-order chi connectivity index (χ1) is 47.9. The third kappa shape index (κ3) is 7.21. The van der Waals surface area contributed by atoms with E-state index in [9.17, 15) is 11.0 Å². The van der Waals surface area contributed by atoms with Gasteiger partial charge in [0.05, 0.1) is 55.4 Å². The molecular formula is C78H51BN4. The number of benzene rings is 13. The minimum atomic E-state index is -0.689. The molecule has 2 aromatic heterocycles. The predicted octanol–water partition coefficient (Wildman–Crippen LogP) is 18.6. The molecule has 0 spiro atoms. The zero-order valence-electron chi connectivity index (χ0n) is 60.1. The lowest BCUT2D eigenvalue weighted by atomic mass is 9.33. The number of nitrogens with zero attached hydrogens (tertiary/aromatic N) is 4. The van der Waals surface area contributed by atoms with E-state index in [2.05, 4.69) is 94.7 Å². The Balaban J connectivity index is 1.05. The van der Waals surface area contributed by atoms with Gasteiger partial charge in [0.2, 0.25) is 0 Å². The molecule has 0 fully saturated rings. The Hall–Kier alpha value is -10.9. The van der Waals surface area contributed by atoms with Crippen molar-refractivity contribution in [1.82, 2.24) is 9.13 Å². The topological polar surface area (TPSA) is 16.3 Å². The van der Waals surface area contributed by atoms with Crippen molar-refractivity contribution in [3.05, 3.63) is 309 Å². The lowest BCUT2D eigenvalue weighted by molar-refractivity contribution is 1.17. The molecular weight excluding hydrogens is 1000 g/mol. The molecule has 5 heteroatoms. The number of aromatic nitrogens is 2. The Bertz CT molecular complexity index is 5400. The average Bonchev–Trinajstić information content (AvgIpc) is 1.70. The fraction of sp³-hybridized carbons (Fsp3) is 0. The third-order valence-corrected chi connectivity index (χ3v) is 16.4. The molecule has 386 valence electrons. The van der Waals surface area contributed by atoms with E-state index in [0.29, 0.717) is 22.7 Å². The monoisotopic (exact) mass is 1070 g/mol. The molecule has 0 radical (unpaired) electrons. The summed E-state index contributed by atoms with van der Waals surface area (Å²) in [6.07, 6.45) is 0. The Kier molecular flexibility index (Phi) is 7.65. The van der Waals surface area contributed by atoms with Crippen LogP contribution in [0.5, 0.6) is 0 Å². The van der Waals surface area contributed by atoms with E-state index in [1.807, 2.05) is 127 Å². The zero-order valence-corrected chi connectivity index (χ0v) is 44.1. The van der Waals surface area contributed by atoms with Crippen LogP contribution < -0.4 is 26.2 Å². The molecule has 4 heterocycles. The Morgan fingerprint density at radius 2 is 0.578 bits per heavy atom. The molecule has 17 rings (SSSR count). The van der Waals surface area contributed by atoms with Crippen LogP contribution in [0.4, 0.5) is 34.1 Å². The summed E-state index contributed by atoms with van der Waals surface area (Å²) in [5.74, 6) is 0. The van der Waals surface area contributed by atoms with Crippen LogP contribution in [0.2, 0.25) is 0 Å². The molecule has 0 amide bonds. The number of rotatable bonds is 8. The fourth-order valence-corrected chi connectivity index (χ4v) is 13.0. The van der Waals surface area contributed by atoms with Gasteiger partial charge in [-0.1, -0.05) is 248 Å². The number of hydrogen-bond donors (Lipinski definition) is 0. The molecule has 2 aliphatic rings. The van der Waals surface area contributed by atoms with Crippen molar-refractivity contribution >= 4 is 101 Å². The van der Waals surface area contributed by atoms with Crippen molar-refractivity contribution < 1.29 is 21.9 Å². The standard InChI is InChI=1S/C78H51BN4/c1-5-24-52(25-6-1)58-36-21-37-59(53-26-7-2-8-27-53)77(58)82-72-44-23-45-73-76(72)79(66-48-46-56(50-74(66)82)80-68-40-17-13-32-62(68)63-33-14-18-41-69(63)80)67-49-47-57(81-70-42-19-15-34-64(70)65-35-16-20-43-71(65)81)51-75(67)83(73)78-60(54-28-9-3-10-29-54)38-22-39-61(78)55-30-11-4-12-31-55/h1-51H/i13D,14D,15D,16D,17D,18D,19D,20D,32D,33D,34D,35D,40D,41D,42D,43D. The van der Waals surface area contributed by atoms with Crippen molar-refractivity contribution in [2.24, 2.45) is 0 Å². The van der Waals surface area contributed by atoms with Gasteiger partial charge < -0.3 is 18.9 Å². The largest absolute Gasteiger partial charge is 0.310 e. The molecule has 0 atom stereocenters. The van der Waals surface area contributed by atoms with Crippen molar-refractivity contribution in [3.8, 4) is 55.9 Å². The SMILES string of the molecule is [2H]c1c([2H])c([2H])c2c(c1[2H])c1c([2H])c([2H])c([2H])c([2H])c1n2-c1ccc2c(c1)N(c1c(-c3ccccc3)cccc1-c1ccccc1)c1cccc3c1B2c1ccc(-n2c4c([2H])c([2H])c([2H])c([2H])c4c4c([2H])c([2H])c([2H])c([2H])c42)cc1N3c1c(-c2ccccc2)cccc1-c1ccccc1. The zero-order chi connectivity index (χ0) is 68.5. The van der Waals surface area contributed by atoms with Crippen LogP contribution in [0, 0.1) is 0 Å². The van der Waals surface area contributed by atoms with Gasteiger partial charge in [-0.15, -0.1) is 0 Å². The van der Waals surface area contributed by atoms with Crippen molar-refractivity contribution in [2.75, 3.05) is 9.80 Å². The van der Waals surface area contributed by atoms with Crippen LogP contribution >= 0.6 is 0 Å². The van der Waals surface area contributed by atoms with Gasteiger partial charge in [0.25, 0.3) is 6.71 Å². The van der Waals surface area contributed by atoms with Crippen LogP contribution in [0.15, 0.2) is 309 Å². The molecule has 0 saturated carbocycles. The fourth-order valence-electron chi connectivity index (χ4n) is 13.0. The molecule has 83 heavy (non-hydrogen) atoms. The second kappa shape index (κ2) is 18.9. The van der Waals surface area contributed by atoms with Crippen LogP contribution in [0.25, 0.3) is 99.5 Å². The smallest absolute Gasteiger partial charge is 0.252 e. The highest BCUT2D eigenvalue weighted by Crippen LogP contribution is 2.53. The Morgan fingerprint density at radius 3 is 0.904 bits per heavy atom. The molecule has 15 aromatic rings. The number of anilines is 6. The van der Waals surface area contributed by atoms with Crippen molar-refractivity contribution in [3.63, 3.8) is 0 Å². The number of para-hydroxylation sites is 6. The second-order valence-corrected chi connectivity index (χ2v) is 20.7. The molecule has 0 aliphatic carbocycles. The lowest BCUT2D eigenvalue weighted by Gasteiger charge is -2.45. The van der Waals surface area contributed by atoms with E-state index in [1.165, 1.54) is 9.13 Å². The molecule has 13 aromatic carbocycles. The van der Waals surface area contributed by atoms with Gasteiger partial charge in [-0.25, -0.2) is 0 Å². The maximum Gasteiger partial charge on any atom is 0.252 e.